The average molecular weight is 294 g/mol. The summed E-state index contributed by atoms with van der Waals surface area (Å²) in [7, 11) is -3.58. The third kappa shape index (κ3) is 4.74. The fraction of sp³-hybridized carbons (Fsp3) is 0.467. The van der Waals surface area contributed by atoms with E-state index in [0.29, 0.717) is 0 Å². The fourth-order valence-corrected chi connectivity index (χ4v) is 2.92. The predicted octanol–water partition coefficient (Wildman–Crippen LogP) is 1.92. The Morgan fingerprint density at radius 3 is 2.30 bits per heavy atom. The lowest BCUT2D eigenvalue weighted by atomic mass is 10.1. The van der Waals surface area contributed by atoms with Crippen molar-refractivity contribution in [1.29, 1.82) is 0 Å². The summed E-state index contributed by atoms with van der Waals surface area (Å²) in [4.78, 5) is 2.63. The first-order chi connectivity index (χ1) is 9.55. The minimum absolute atomic E-state index is 0.165. The van der Waals surface area contributed by atoms with Crippen LogP contribution in [0.15, 0.2) is 41.3 Å². The Morgan fingerprint density at radius 2 is 1.70 bits per heavy atom. The molecule has 0 saturated carbocycles. The molecular weight excluding hydrogens is 272 g/mol. The predicted molar refractivity (Wildman–Crippen MR) is 81.0 cm³/mol. The van der Waals surface area contributed by atoms with Crippen LogP contribution in [-0.2, 0) is 16.4 Å². The fourth-order valence-electron chi connectivity index (χ4n) is 2.40. The summed E-state index contributed by atoms with van der Waals surface area (Å²) in [5, 5.41) is 5.06. The van der Waals surface area contributed by atoms with Crippen LogP contribution >= 0.6 is 0 Å². The summed E-state index contributed by atoms with van der Waals surface area (Å²) in [6, 6.07) is 6.74. The highest BCUT2D eigenvalue weighted by Gasteiger charge is 2.07. The summed E-state index contributed by atoms with van der Waals surface area (Å²) in [6.45, 7) is 3.41. The van der Waals surface area contributed by atoms with Crippen LogP contribution in [0, 0.1) is 0 Å². The summed E-state index contributed by atoms with van der Waals surface area (Å²) < 4.78 is 22.3. The van der Waals surface area contributed by atoms with E-state index in [1.807, 2.05) is 12.1 Å². The van der Waals surface area contributed by atoms with E-state index in [1.54, 1.807) is 12.1 Å². The van der Waals surface area contributed by atoms with Gasteiger partial charge in [0.25, 0.3) is 0 Å². The van der Waals surface area contributed by atoms with Gasteiger partial charge >= 0.3 is 0 Å². The summed E-state index contributed by atoms with van der Waals surface area (Å²) >= 11 is 0. The third-order valence-corrected chi connectivity index (χ3v) is 4.51. The number of primary sulfonamides is 1. The highest BCUT2D eigenvalue weighted by atomic mass is 32.2. The molecule has 1 aromatic carbocycles. The molecule has 1 aliphatic rings. The topological polar surface area (TPSA) is 63.4 Å². The van der Waals surface area contributed by atoms with Gasteiger partial charge in [0.05, 0.1) is 4.90 Å². The third-order valence-electron chi connectivity index (χ3n) is 3.58. The Kier molecular flexibility index (Phi) is 5.34. The zero-order valence-corrected chi connectivity index (χ0v) is 12.5. The molecule has 0 spiro atoms. The summed E-state index contributed by atoms with van der Waals surface area (Å²) in [6.07, 6.45) is 9.13. The Bertz CT molecular complexity index is 544. The smallest absolute Gasteiger partial charge is 0.238 e. The van der Waals surface area contributed by atoms with Crippen molar-refractivity contribution in [3.63, 3.8) is 0 Å². The number of nitrogens with two attached hydrogens (primary N) is 1. The van der Waals surface area contributed by atoms with Crippen molar-refractivity contribution >= 4 is 10.0 Å². The SMILES string of the molecule is NS(=O)(=O)c1ccc(C/C=C/CN2CCCCC2)cc1. The van der Waals surface area contributed by atoms with Gasteiger partial charge in [-0.3, -0.25) is 4.90 Å². The van der Waals surface area contributed by atoms with E-state index in [0.717, 1.165) is 18.5 Å². The first kappa shape index (κ1) is 15.2. The van der Waals surface area contributed by atoms with Crippen LogP contribution < -0.4 is 5.14 Å². The number of likely N-dealkylation sites (tertiary alicyclic amines) is 1. The standard InChI is InChI=1S/C15H22N2O2S/c16-20(18,19)15-9-7-14(8-10-15)6-2-5-13-17-11-3-1-4-12-17/h2,5,7-10H,1,3-4,6,11-13H2,(H2,16,18,19)/b5-2+. The van der Waals surface area contributed by atoms with Gasteiger partial charge in [-0.2, -0.15) is 0 Å². The zero-order chi connectivity index (χ0) is 14.4. The molecule has 5 heteroatoms. The number of allylic oxidation sites excluding steroid dienone is 1. The van der Waals surface area contributed by atoms with Crippen molar-refractivity contribution in [1.82, 2.24) is 4.90 Å². The first-order valence-corrected chi connectivity index (χ1v) is 8.59. The van der Waals surface area contributed by atoms with Gasteiger partial charge in [0.2, 0.25) is 10.0 Å². The Hall–Kier alpha value is -1.17. The Balaban J connectivity index is 1.81. The second kappa shape index (κ2) is 7.02. The molecule has 2 N–H and O–H groups in total. The molecular formula is C15H22N2O2S. The molecule has 110 valence electrons. The molecule has 0 atom stereocenters. The molecule has 4 nitrogen and oxygen atoms in total. The van der Waals surface area contributed by atoms with Gasteiger partial charge in [-0.15, -0.1) is 0 Å². The van der Waals surface area contributed by atoms with Gasteiger partial charge < -0.3 is 0 Å². The second-order valence-electron chi connectivity index (χ2n) is 5.23. The first-order valence-electron chi connectivity index (χ1n) is 7.05. The van der Waals surface area contributed by atoms with Gasteiger partial charge in [-0.1, -0.05) is 30.7 Å². The van der Waals surface area contributed by atoms with Crippen molar-refractivity contribution in [2.45, 2.75) is 30.6 Å². The average Bonchev–Trinajstić information content (AvgIpc) is 2.44. The van der Waals surface area contributed by atoms with Crippen molar-refractivity contribution < 1.29 is 8.42 Å². The van der Waals surface area contributed by atoms with Crippen LogP contribution in [-0.4, -0.2) is 33.0 Å². The Morgan fingerprint density at radius 1 is 1.05 bits per heavy atom. The molecule has 2 rings (SSSR count). The van der Waals surface area contributed by atoms with Crippen LogP contribution in [0.1, 0.15) is 24.8 Å². The van der Waals surface area contributed by atoms with Crippen LogP contribution in [0.4, 0.5) is 0 Å². The van der Waals surface area contributed by atoms with Crippen LogP contribution in [0.25, 0.3) is 0 Å². The highest BCUT2D eigenvalue weighted by Crippen LogP contribution is 2.10. The number of benzene rings is 1. The van der Waals surface area contributed by atoms with E-state index in [1.165, 1.54) is 32.4 Å². The van der Waals surface area contributed by atoms with Gasteiger partial charge in [0.1, 0.15) is 0 Å². The minimum atomic E-state index is -3.58. The molecule has 0 aliphatic carbocycles. The molecule has 1 fully saturated rings. The maximum Gasteiger partial charge on any atom is 0.238 e. The van der Waals surface area contributed by atoms with Gasteiger partial charge in [-0.05, 0) is 50.0 Å². The number of sulfonamides is 1. The molecule has 0 radical (unpaired) electrons. The monoisotopic (exact) mass is 294 g/mol. The second-order valence-corrected chi connectivity index (χ2v) is 6.79. The molecule has 1 aromatic rings. The Labute approximate surface area is 121 Å². The van der Waals surface area contributed by atoms with E-state index in [2.05, 4.69) is 17.1 Å². The largest absolute Gasteiger partial charge is 0.300 e. The van der Waals surface area contributed by atoms with E-state index in [-0.39, 0.29) is 4.90 Å². The quantitative estimate of drug-likeness (QED) is 0.844. The normalized spacial score (nSPS) is 17.6. The number of nitrogens with zero attached hydrogens (tertiary/aromatic N) is 1. The van der Waals surface area contributed by atoms with Gasteiger partial charge in [0, 0.05) is 6.54 Å². The minimum Gasteiger partial charge on any atom is -0.300 e. The van der Waals surface area contributed by atoms with E-state index in [4.69, 9.17) is 5.14 Å². The molecule has 20 heavy (non-hydrogen) atoms. The van der Waals surface area contributed by atoms with Gasteiger partial charge in [0.15, 0.2) is 0 Å². The van der Waals surface area contributed by atoms with E-state index in [9.17, 15) is 8.42 Å². The number of hydrogen-bond acceptors (Lipinski definition) is 3. The van der Waals surface area contributed by atoms with Crippen LogP contribution in [0.2, 0.25) is 0 Å². The van der Waals surface area contributed by atoms with Crippen molar-refractivity contribution in [2.75, 3.05) is 19.6 Å². The number of rotatable bonds is 5. The molecule has 0 bridgehead atoms. The molecule has 0 aromatic heterocycles. The molecule has 0 unspecified atom stereocenters. The van der Waals surface area contributed by atoms with Gasteiger partial charge in [-0.25, -0.2) is 13.6 Å². The summed E-state index contributed by atoms with van der Waals surface area (Å²) in [5.41, 5.74) is 1.09. The number of hydrogen-bond donors (Lipinski definition) is 1. The van der Waals surface area contributed by atoms with Crippen LogP contribution in [0.3, 0.4) is 0 Å². The van der Waals surface area contributed by atoms with Crippen LogP contribution in [0.5, 0.6) is 0 Å². The lowest BCUT2D eigenvalue weighted by molar-refractivity contribution is 0.251. The maximum atomic E-state index is 11.1. The van der Waals surface area contributed by atoms with Crippen molar-refractivity contribution in [3.8, 4) is 0 Å². The maximum absolute atomic E-state index is 11.1. The van der Waals surface area contributed by atoms with E-state index < -0.39 is 10.0 Å². The summed E-state index contributed by atoms with van der Waals surface area (Å²) in [5.74, 6) is 0. The molecule has 0 amide bonds. The molecule has 1 heterocycles. The molecule has 1 aliphatic heterocycles. The van der Waals surface area contributed by atoms with Crippen molar-refractivity contribution in [2.24, 2.45) is 5.14 Å². The zero-order valence-electron chi connectivity index (χ0n) is 11.7. The lowest BCUT2D eigenvalue weighted by Gasteiger charge is -2.24. The molecule has 1 saturated heterocycles. The van der Waals surface area contributed by atoms with E-state index >= 15 is 0 Å². The van der Waals surface area contributed by atoms with Crippen molar-refractivity contribution in [3.05, 3.63) is 42.0 Å². The highest BCUT2D eigenvalue weighted by molar-refractivity contribution is 7.89. The lowest BCUT2D eigenvalue weighted by Crippen LogP contribution is -2.29. The number of piperidine rings is 1.